The predicted octanol–water partition coefficient (Wildman–Crippen LogP) is 2.83. The van der Waals surface area contributed by atoms with E-state index in [9.17, 15) is 4.79 Å². The number of nitrogens with zero attached hydrogens (tertiary/aromatic N) is 1. The van der Waals surface area contributed by atoms with Crippen molar-refractivity contribution in [2.45, 2.75) is 26.3 Å². The minimum Gasteiger partial charge on any atom is -0.462 e. The number of hydrogen-bond acceptors (Lipinski definition) is 6. The molecule has 2 rings (SSSR count). The van der Waals surface area contributed by atoms with Crippen molar-refractivity contribution in [3.8, 4) is 0 Å². The van der Waals surface area contributed by atoms with E-state index in [1.807, 2.05) is 12.1 Å². The second kappa shape index (κ2) is 7.78. The van der Waals surface area contributed by atoms with Crippen molar-refractivity contribution in [3.05, 3.63) is 30.0 Å². The number of esters is 1. The molecule has 3 N–H and O–H groups in total. The van der Waals surface area contributed by atoms with Crippen LogP contribution in [0, 0.1) is 0 Å². The highest BCUT2D eigenvalue weighted by Crippen LogP contribution is 2.30. The number of nitrogens with two attached hydrogens (primary N) is 1. The number of benzene rings is 1. The maximum Gasteiger partial charge on any atom is 0.341 e. The van der Waals surface area contributed by atoms with Crippen LogP contribution in [-0.2, 0) is 9.47 Å². The second-order valence-corrected chi connectivity index (χ2v) is 5.22. The number of carbonyl (C=O) groups excluding carboxylic acids is 1. The zero-order chi connectivity index (χ0) is 16.8. The van der Waals surface area contributed by atoms with Crippen molar-refractivity contribution in [2.75, 3.05) is 31.4 Å². The van der Waals surface area contributed by atoms with Gasteiger partial charge in [0.2, 0.25) is 0 Å². The van der Waals surface area contributed by atoms with Gasteiger partial charge in [0.15, 0.2) is 0 Å². The lowest BCUT2D eigenvalue weighted by molar-refractivity contribution is 0.0527. The topological polar surface area (TPSA) is 86.5 Å². The van der Waals surface area contributed by atoms with E-state index in [0.717, 1.165) is 11.8 Å². The van der Waals surface area contributed by atoms with E-state index in [1.54, 1.807) is 20.1 Å². The smallest absolute Gasteiger partial charge is 0.341 e. The van der Waals surface area contributed by atoms with Crippen molar-refractivity contribution < 1.29 is 14.3 Å². The molecule has 0 aliphatic rings. The molecule has 23 heavy (non-hydrogen) atoms. The summed E-state index contributed by atoms with van der Waals surface area (Å²) >= 11 is 0. The zero-order valence-corrected chi connectivity index (χ0v) is 13.8. The molecule has 0 bridgehead atoms. The number of nitrogen functional groups attached to an aromatic ring is 1. The van der Waals surface area contributed by atoms with Crippen LogP contribution in [0.25, 0.3) is 10.9 Å². The Kier molecular flexibility index (Phi) is 5.76. The fourth-order valence-electron chi connectivity index (χ4n) is 2.43. The van der Waals surface area contributed by atoms with E-state index in [-0.39, 0.29) is 6.04 Å². The Morgan fingerprint density at radius 1 is 1.39 bits per heavy atom. The molecule has 1 heterocycles. The summed E-state index contributed by atoms with van der Waals surface area (Å²) < 4.78 is 10.4. The summed E-state index contributed by atoms with van der Waals surface area (Å²) in [7, 11) is 1.65. The maximum atomic E-state index is 12.3. The summed E-state index contributed by atoms with van der Waals surface area (Å²) in [6, 6.07) is 5.59. The first kappa shape index (κ1) is 17.0. The Hall–Kier alpha value is -2.34. The van der Waals surface area contributed by atoms with Crippen molar-refractivity contribution in [1.29, 1.82) is 0 Å². The molecule has 0 saturated carbocycles. The van der Waals surface area contributed by atoms with Crippen LogP contribution in [0.3, 0.4) is 0 Å². The summed E-state index contributed by atoms with van der Waals surface area (Å²) in [5.74, 6) is -0.404. The third kappa shape index (κ3) is 3.71. The summed E-state index contributed by atoms with van der Waals surface area (Å²) in [5.41, 5.74) is 8.32. The number of hydrogen-bond donors (Lipinski definition) is 2. The van der Waals surface area contributed by atoms with Crippen LogP contribution >= 0.6 is 0 Å². The minimum atomic E-state index is -0.404. The van der Waals surface area contributed by atoms with Gasteiger partial charge in [-0.05, 0) is 19.4 Å². The van der Waals surface area contributed by atoms with Crippen LogP contribution in [0.1, 0.15) is 30.6 Å². The van der Waals surface area contributed by atoms with Gasteiger partial charge in [0, 0.05) is 24.7 Å². The van der Waals surface area contributed by atoms with Crippen LogP contribution in [0.15, 0.2) is 24.4 Å². The molecule has 0 radical (unpaired) electrons. The molecule has 1 atom stereocenters. The second-order valence-electron chi connectivity index (χ2n) is 5.22. The molecule has 0 saturated heterocycles. The third-order valence-electron chi connectivity index (χ3n) is 3.63. The van der Waals surface area contributed by atoms with Crippen molar-refractivity contribution >= 4 is 28.2 Å². The molecule has 0 aliphatic heterocycles. The van der Waals surface area contributed by atoms with Gasteiger partial charge in [-0.1, -0.05) is 19.1 Å². The quantitative estimate of drug-likeness (QED) is 0.603. The van der Waals surface area contributed by atoms with E-state index in [4.69, 9.17) is 15.2 Å². The number of aromatic nitrogens is 1. The molecule has 2 aromatic rings. The molecule has 0 aliphatic carbocycles. The fourth-order valence-corrected chi connectivity index (χ4v) is 2.43. The van der Waals surface area contributed by atoms with E-state index in [1.165, 1.54) is 6.20 Å². The van der Waals surface area contributed by atoms with Gasteiger partial charge in [-0.15, -0.1) is 0 Å². The Morgan fingerprint density at radius 2 is 2.17 bits per heavy atom. The minimum absolute atomic E-state index is 0.0696. The average Bonchev–Trinajstić information content (AvgIpc) is 2.55. The molecule has 1 unspecified atom stereocenters. The molecule has 6 nitrogen and oxygen atoms in total. The van der Waals surface area contributed by atoms with Gasteiger partial charge < -0.3 is 20.5 Å². The maximum absolute atomic E-state index is 12.3. The summed E-state index contributed by atoms with van der Waals surface area (Å²) in [5, 5.41) is 4.18. The Bertz CT molecular complexity index is 688. The van der Waals surface area contributed by atoms with Crippen molar-refractivity contribution in [1.82, 2.24) is 4.98 Å². The molecule has 0 spiro atoms. The highest BCUT2D eigenvalue weighted by atomic mass is 16.5. The highest BCUT2D eigenvalue weighted by molar-refractivity contribution is 6.07. The molecule has 0 amide bonds. The van der Waals surface area contributed by atoms with Gasteiger partial charge in [-0.25, -0.2) is 4.79 Å². The summed E-state index contributed by atoms with van der Waals surface area (Å²) in [4.78, 5) is 16.6. The van der Waals surface area contributed by atoms with Crippen LogP contribution < -0.4 is 11.1 Å². The number of anilines is 2. The van der Waals surface area contributed by atoms with Crippen LogP contribution in [-0.4, -0.2) is 37.3 Å². The average molecular weight is 317 g/mol. The standard InChI is InChI=1S/C17H23N3O3/c1-4-11(10-22-3)20-15-12-7-6-8-14(18)16(12)19-9-13(15)17(21)23-5-2/h6-9,11H,4-5,10,18H2,1-3H3,(H,19,20). The van der Waals surface area contributed by atoms with Gasteiger partial charge in [-0.3, -0.25) is 4.98 Å². The first-order valence-corrected chi connectivity index (χ1v) is 7.72. The van der Waals surface area contributed by atoms with Crippen molar-refractivity contribution in [3.63, 3.8) is 0 Å². The zero-order valence-electron chi connectivity index (χ0n) is 13.8. The van der Waals surface area contributed by atoms with Gasteiger partial charge in [0.25, 0.3) is 0 Å². The monoisotopic (exact) mass is 317 g/mol. The number of nitrogens with one attached hydrogen (secondary N) is 1. The fraction of sp³-hybridized carbons (Fsp3) is 0.412. The summed E-state index contributed by atoms with van der Waals surface area (Å²) in [6.45, 7) is 4.67. The first-order valence-electron chi connectivity index (χ1n) is 7.72. The largest absolute Gasteiger partial charge is 0.462 e. The van der Waals surface area contributed by atoms with E-state index in [2.05, 4.69) is 17.2 Å². The van der Waals surface area contributed by atoms with Gasteiger partial charge in [0.05, 0.1) is 30.1 Å². The number of methoxy groups -OCH3 is 1. The Labute approximate surface area is 136 Å². The SMILES string of the molecule is CCOC(=O)c1cnc2c(N)cccc2c1NC(CC)COC. The number of fused-ring (bicyclic) bond motifs is 1. The number of carbonyl (C=O) groups is 1. The molecule has 0 fully saturated rings. The van der Waals surface area contributed by atoms with Crippen LogP contribution in [0.5, 0.6) is 0 Å². The van der Waals surface area contributed by atoms with E-state index in [0.29, 0.717) is 35.7 Å². The van der Waals surface area contributed by atoms with Crippen LogP contribution in [0.2, 0.25) is 0 Å². The van der Waals surface area contributed by atoms with Crippen LogP contribution in [0.4, 0.5) is 11.4 Å². The van der Waals surface area contributed by atoms with E-state index >= 15 is 0 Å². The Balaban J connectivity index is 2.56. The lowest BCUT2D eigenvalue weighted by Crippen LogP contribution is -2.25. The highest BCUT2D eigenvalue weighted by Gasteiger charge is 2.19. The number of rotatable bonds is 7. The lowest BCUT2D eigenvalue weighted by Gasteiger charge is -2.21. The first-order chi connectivity index (χ1) is 11.1. The summed E-state index contributed by atoms with van der Waals surface area (Å²) in [6.07, 6.45) is 2.36. The molecule has 1 aromatic carbocycles. The molecule has 1 aromatic heterocycles. The normalized spacial score (nSPS) is 12.1. The number of pyridine rings is 1. The predicted molar refractivity (Wildman–Crippen MR) is 91.7 cm³/mol. The van der Waals surface area contributed by atoms with Gasteiger partial charge in [0.1, 0.15) is 5.56 Å². The van der Waals surface area contributed by atoms with Gasteiger partial charge in [-0.2, -0.15) is 0 Å². The Morgan fingerprint density at radius 3 is 2.83 bits per heavy atom. The van der Waals surface area contributed by atoms with Gasteiger partial charge >= 0.3 is 5.97 Å². The van der Waals surface area contributed by atoms with E-state index < -0.39 is 5.97 Å². The van der Waals surface area contributed by atoms with Crippen molar-refractivity contribution in [2.24, 2.45) is 0 Å². The lowest BCUT2D eigenvalue weighted by atomic mass is 10.1. The number of ether oxygens (including phenoxy) is 2. The molecule has 124 valence electrons. The molecular formula is C17H23N3O3. The molecular weight excluding hydrogens is 294 g/mol. The molecule has 6 heteroatoms. The third-order valence-corrected chi connectivity index (χ3v) is 3.63. The number of para-hydroxylation sites is 1.